The number of rotatable bonds is 4. The first-order chi connectivity index (χ1) is 9.52. The molecule has 0 amide bonds. The average Bonchev–Trinajstić information content (AvgIpc) is 2.41. The average molecular weight is 405 g/mol. The lowest BCUT2D eigenvalue weighted by Gasteiger charge is -2.11. The Labute approximate surface area is 131 Å². The predicted molar refractivity (Wildman–Crippen MR) is 79.9 cm³/mol. The van der Waals surface area contributed by atoms with Gasteiger partial charge in [-0.1, -0.05) is 44.0 Å². The molecule has 0 atom stereocenters. The van der Waals surface area contributed by atoms with E-state index in [1.54, 1.807) is 18.2 Å². The molecule has 4 nitrogen and oxygen atoms in total. The monoisotopic (exact) mass is 403 g/mol. The lowest BCUT2D eigenvalue weighted by atomic mass is 10.2. The standard InChI is InChI=1S/C13H8Br2FNO3/c14-7-8-4-5-9(15)6-12(8)20-13-10(16)2-1-3-11(13)17(18)19/h1-6H,7H2. The van der Waals surface area contributed by atoms with E-state index in [4.69, 9.17) is 4.74 Å². The zero-order chi connectivity index (χ0) is 14.7. The van der Waals surface area contributed by atoms with E-state index in [2.05, 4.69) is 31.9 Å². The minimum Gasteiger partial charge on any atom is -0.447 e. The molecule has 0 spiro atoms. The summed E-state index contributed by atoms with van der Waals surface area (Å²) in [6, 6.07) is 8.80. The van der Waals surface area contributed by atoms with Gasteiger partial charge in [-0.3, -0.25) is 10.1 Å². The minimum atomic E-state index is -0.778. The summed E-state index contributed by atoms with van der Waals surface area (Å²) >= 11 is 6.57. The topological polar surface area (TPSA) is 52.4 Å². The molecule has 2 aromatic rings. The third kappa shape index (κ3) is 3.16. The molecule has 0 radical (unpaired) electrons. The van der Waals surface area contributed by atoms with Crippen LogP contribution in [0.3, 0.4) is 0 Å². The molecular formula is C13H8Br2FNO3. The second-order valence-electron chi connectivity index (χ2n) is 3.83. The van der Waals surface area contributed by atoms with Crippen LogP contribution in [0.2, 0.25) is 0 Å². The summed E-state index contributed by atoms with van der Waals surface area (Å²) in [4.78, 5) is 10.2. The summed E-state index contributed by atoms with van der Waals surface area (Å²) in [6.07, 6.45) is 0. The lowest BCUT2D eigenvalue weighted by molar-refractivity contribution is -0.385. The van der Waals surface area contributed by atoms with Gasteiger partial charge in [-0.15, -0.1) is 0 Å². The highest BCUT2D eigenvalue weighted by molar-refractivity contribution is 9.10. The summed E-state index contributed by atoms with van der Waals surface area (Å²) in [5.74, 6) is -0.818. The number of benzene rings is 2. The number of nitro groups is 1. The molecule has 0 aromatic heterocycles. The van der Waals surface area contributed by atoms with Gasteiger partial charge in [0.05, 0.1) is 4.92 Å². The zero-order valence-electron chi connectivity index (χ0n) is 9.98. The fraction of sp³-hybridized carbons (Fsp3) is 0.0769. The molecule has 0 heterocycles. The number of hydrogen-bond acceptors (Lipinski definition) is 3. The molecule has 0 N–H and O–H groups in total. The maximum absolute atomic E-state index is 13.8. The molecule has 0 aliphatic heterocycles. The third-order valence-electron chi connectivity index (χ3n) is 2.53. The van der Waals surface area contributed by atoms with E-state index in [-0.39, 0.29) is 0 Å². The number of ether oxygens (including phenoxy) is 1. The van der Waals surface area contributed by atoms with E-state index in [1.807, 2.05) is 0 Å². The van der Waals surface area contributed by atoms with Crippen LogP contribution in [-0.4, -0.2) is 4.92 Å². The lowest BCUT2D eigenvalue weighted by Crippen LogP contribution is -1.97. The molecule has 0 saturated heterocycles. The molecule has 2 rings (SSSR count). The Morgan fingerprint density at radius 2 is 2.05 bits per heavy atom. The van der Waals surface area contributed by atoms with Gasteiger partial charge in [0.1, 0.15) is 5.75 Å². The second kappa shape index (κ2) is 6.32. The molecule has 0 aliphatic carbocycles. The van der Waals surface area contributed by atoms with Crippen molar-refractivity contribution in [1.29, 1.82) is 0 Å². The summed E-state index contributed by atoms with van der Waals surface area (Å²) in [5, 5.41) is 11.4. The Kier molecular flexibility index (Phi) is 4.72. The third-order valence-corrected chi connectivity index (χ3v) is 3.63. The van der Waals surface area contributed by atoms with Gasteiger partial charge in [0, 0.05) is 21.4 Å². The van der Waals surface area contributed by atoms with Crippen molar-refractivity contribution in [3.8, 4) is 11.5 Å². The van der Waals surface area contributed by atoms with Crippen molar-refractivity contribution in [2.75, 3.05) is 0 Å². The molecule has 2 aromatic carbocycles. The Morgan fingerprint density at radius 3 is 2.70 bits per heavy atom. The van der Waals surface area contributed by atoms with Crippen LogP contribution in [0.25, 0.3) is 0 Å². The van der Waals surface area contributed by atoms with E-state index in [0.29, 0.717) is 11.1 Å². The Bertz CT molecular complexity index is 664. The molecule has 0 fully saturated rings. The van der Waals surface area contributed by atoms with Gasteiger partial charge in [0.2, 0.25) is 5.75 Å². The van der Waals surface area contributed by atoms with Gasteiger partial charge in [-0.25, -0.2) is 4.39 Å². The number of hydrogen-bond donors (Lipinski definition) is 0. The SMILES string of the molecule is O=[N+]([O-])c1cccc(F)c1Oc1cc(Br)ccc1CBr. The highest BCUT2D eigenvalue weighted by atomic mass is 79.9. The van der Waals surface area contributed by atoms with Crippen LogP contribution in [0, 0.1) is 15.9 Å². The second-order valence-corrected chi connectivity index (χ2v) is 5.31. The fourth-order valence-electron chi connectivity index (χ4n) is 1.59. The first-order valence-corrected chi connectivity index (χ1v) is 7.39. The molecule has 0 bridgehead atoms. The first-order valence-electron chi connectivity index (χ1n) is 5.48. The quantitative estimate of drug-likeness (QED) is 0.400. The Morgan fingerprint density at radius 1 is 1.30 bits per heavy atom. The fourth-order valence-corrected chi connectivity index (χ4v) is 2.39. The maximum Gasteiger partial charge on any atom is 0.314 e. The summed E-state index contributed by atoms with van der Waals surface area (Å²) in [5.41, 5.74) is 0.344. The predicted octanol–water partition coefficient (Wildman–Crippen LogP) is 5.18. The molecule has 20 heavy (non-hydrogen) atoms. The Balaban J connectivity index is 2.50. The van der Waals surface area contributed by atoms with Gasteiger partial charge in [-0.2, -0.15) is 0 Å². The van der Waals surface area contributed by atoms with Crippen LogP contribution in [0.4, 0.5) is 10.1 Å². The van der Waals surface area contributed by atoms with Crippen LogP contribution in [0.5, 0.6) is 11.5 Å². The molecular weight excluding hydrogens is 397 g/mol. The number of alkyl halides is 1. The van der Waals surface area contributed by atoms with Crippen molar-refractivity contribution in [1.82, 2.24) is 0 Å². The van der Waals surface area contributed by atoms with Crippen molar-refractivity contribution in [2.45, 2.75) is 5.33 Å². The molecule has 0 saturated carbocycles. The molecule has 7 heteroatoms. The molecule has 104 valence electrons. The number of nitrogens with zero attached hydrogens (tertiary/aromatic N) is 1. The van der Waals surface area contributed by atoms with E-state index >= 15 is 0 Å². The van der Waals surface area contributed by atoms with Gasteiger partial charge < -0.3 is 4.74 Å². The number of nitro benzene ring substituents is 1. The van der Waals surface area contributed by atoms with E-state index in [0.717, 1.165) is 16.1 Å². The summed E-state index contributed by atoms with van der Waals surface area (Å²) < 4.78 is 19.9. The smallest absolute Gasteiger partial charge is 0.314 e. The van der Waals surface area contributed by atoms with E-state index in [1.165, 1.54) is 12.1 Å². The summed E-state index contributed by atoms with van der Waals surface area (Å²) in [7, 11) is 0. The number of para-hydroxylation sites is 1. The molecule has 0 unspecified atom stereocenters. The van der Waals surface area contributed by atoms with Crippen LogP contribution >= 0.6 is 31.9 Å². The van der Waals surface area contributed by atoms with Crippen molar-refractivity contribution in [3.63, 3.8) is 0 Å². The van der Waals surface area contributed by atoms with Crippen molar-refractivity contribution in [3.05, 3.63) is 62.4 Å². The van der Waals surface area contributed by atoms with Crippen LogP contribution in [0.15, 0.2) is 40.9 Å². The van der Waals surface area contributed by atoms with Crippen LogP contribution < -0.4 is 4.74 Å². The van der Waals surface area contributed by atoms with Gasteiger partial charge in [-0.05, 0) is 18.2 Å². The normalized spacial score (nSPS) is 10.3. The van der Waals surface area contributed by atoms with E-state index in [9.17, 15) is 14.5 Å². The van der Waals surface area contributed by atoms with E-state index < -0.39 is 22.2 Å². The van der Waals surface area contributed by atoms with Gasteiger partial charge in [0.15, 0.2) is 5.82 Å². The Hall–Kier alpha value is -1.47. The van der Waals surface area contributed by atoms with Gasteiger partial charge in [0.25, 0.3) is 0 Å². The highest BCUT2D eigenvalue weighted by Gasteiger charge is 2.21. The molecule has 0 aliphatic rings. The highest BCUT2D eigenvalue weighted by Crippen LogP contribution is 2.36. The first kappa shape index (κ1) is 14.9. The van der Waals surface area contributed by atoms with Crippen LogP contribution in [-0.2, 0) is 5.33 Å². The van der Waals surface area contributed by atoms with Gasteiger partial charge >= 0.3 is 5.69 Å². The minimum absolute atomic E-state index is 0.351. The zero-order valence-corrected chi connectivity index (χ0v) is 13.1. The van der Waals surface area contributed by atoms with Crippen LogP contribution in [0.1, 0.15) is 5.56 Å². The number of halogens is 3. The van der Waals surface area contributed by atoms with Crippen molar-refractivity contribution in [2.24, 2.45) is 0 Å². The summed E-state index contributed by atoms with van der Waals surface area (Å²) in [6.45, 7) is 0. The van der Waals surface area contributed by atoms with Crippen molar-refractivity contribution >= 4 is 37.5 Å². The largest absolute Gasteiger partial charge is 0.447 e. The van der Waals surface area contributed by atoms with Crippen molar-refractivity contribution < 1.29 is 14.1 Å². The maximum atomic E-state index is 13.8.